The zero-order valence-electron chi connectivity index (χ0n) is 7.80. The Kier molecular flexibility index (Phi) is 3.19. The minimum Gasteiger partial charge on any atom is -0.268 e. The first-order valence-electron chi connectivity index (χ1n) is 4.28. The Bertz CT molecular complexity index is 551. The summed E-state index contributed by atoms with van der Waals surface area (Å²) in [7, 11) is 0. The molecular formula is C10H5Cl3N2O. The third-order valence-electron chi connectivity index (χ3n) is 1.96. The van der Waals surface area contributed by atoms with Crippen molar-refractivity contribution in [1.82, 2.24) is 10.2 Å². The van der Waals surface area contributed by atoms with Gasteiger partial charge in [0.2, 0.25) is 0 Å². The Labute approximate surface area is 106 Å². The predicted octanol–water partition coefficient (Wildman–Crippen LogP) is 3.40. The van der Waals surface area contributed by atoms with Gasteiger partial charge < -0.3 is 0 Å². The quantitative estimate of drug-likeness (QED) is 0.811. The Morgan fingerprint density at radius 3 is 2.19 bits per heavy atom. The van der Waals surface area contributed by atoms with E-state index in [9.17, 15) is 4.79 Å². The van der Waals surface area contributed by atoms with Gasteiger partial charge in [-0.25, -0.2) is 5.10 Å². The molecule has 0 saturated carbocycles. The maximum atomic E-state index is 10.8. The van der Waals surface area contributed by atoms with Crippen LogP contribution in [0.2, 0.25) is 15.1 Å². The molecule has 0 atom stereocenters. The van der Waals surface area contributed by atoms with E-state index >= 15 is 0 Å². The van der Waals surface area contributed by atoms with Crippen LogP contribution in [0.25, 0.3) is 11.3 Å². The lowest BCUT2D eigenvalue weighted by atomic mass is 10.1. The molecule has 0 unspecified atom stereocenters. The van der Waals surface area contributed by atoms with E-state index < -0.39 is 0 Å². The second-order valence-corrected chi connectivity index (χ2v) is 4.25. The predicted molar refractivity (Wildman–Crippen MR) is 65.3 cm³/mol. The SMILES string of the molecule is O=c1ccc(-c2cc(Cl)c(Cl)c(Cl)c2)n[nH]1. The summed E-state index contributed by atoms with van der Waals surface area (Å²) in [6.45, 7) is 0. The smallest absolute Gasteiger partial charge is 0.264 e. The monoisotopic (exact) mass is 274 g/mol. The van der Waals surface area contributed by atoms with Gasteiger partial charge in [-0.1, -0.05) is 34.8 Å². The molecule has 16 heavy (non-hydrogen) atoms. The number of halogens is 3. The molecule has 2 aromatic rings. The van der Waals surface area contributed by atoms with Crippen molar-refractivity contribution in [3.8, 4) is 11.3 Å². The van der Waals surface area contributed by atoms with E-state index in [-0.39, 0.29) is 5.56 Å². The number of benzene rings is 1. The molecule has 0 amide bonds. The van der Waals surface area contributed by atoms with Crippen molar-refractivity contribution in [3.63, 3.8) is 0 Å². The zero-order chi connectivity index (χ0) is 11.7. The molecule has 6 heteroatoms. The van der Waals surface area contributed by atoms with E-state index in [2.05, 4.69) is 10.2 Å². The van der Waals surface area contributed by atoms with Crippen LogP contribution in [0, 0.1) is 0 Å². The van der Waals surface area contributed by atoms with Crippen molar-refractivity contribution >= 4 is 34.8 Å². The van der Waals surface area contributed by atoms with Crippen LogP contribution in [0.15, 0.2) is 29.1 Å². The van der Waals surface area contributed by atoms with Gasteiger partial charge in [0.15, 0.2) is 0 Å². The van der Waals surface area contributed by atoms with Crippen molar-refractivity contribution in [2.24, 2.45) is 0 Å². The van der Waals surface area contributed by atoms with Gasteiger partial charge in [-0.3, -0.25) is 4.79 Å². The Morgan fingerprint density at radius 2 is 1.69 bits per heavy atom. The van der Waals surface area contributed by atoms with Crippen LogP contribution < -0.4 is 5.56 Å². The first-order valence-corrected chi connectivity index (χ1v) is 5.42. The summed E-state index contributed by atoms with van der Waals surface area (Å²) in [6.07, 6.45) is 0. The van der Waals surface area contributed by atoms with Crippen molar-refractivity contribution in [3.05, 3.63) is 49.7 Å². The highest BCUT2D eigenvalue weighted by Crippen LogP contribution is 2.34. The summed E-state index contributed by atoms with van der Waals surface area (Å²) in [4.78, 5) is 10.8. The van der Waals surface area contributed by atoms with E-state index in [0.717, 1.165) is 0 Å². The van der Waals surface area contributed by atoms with Crippen LogP contribution in [0.4, 0.5) is 0 Å². The number of H-pyrrole nitrogens is 1. The average Bonchev–Trinajstić information content (AvgIpc) is 2.26. The summed E-state index contributed by atoms with van der Waals surface area (Å²) in [5, 5.41) is 7.18. The number of rotatable bonds is 1. The van der Waals surface area contributed by atoms with Gasteiger partial charge in [-0.2, -0.15) is 5.10 Å². The molecule has 1 aromatic heterocycles. The molecule has 0 aliphatic rings. The first kappa shape index (κ1) is 11.5. The highest BCUT2D eigenvalue weighted by molar-refractivity contribution is 6.48. The van der Waals surface area contributed by atoms with Crippen LogP contribution in [0.3, 0.4) is 0 Å². The standard InChI is InChI=1S/C10H5Cl3N2O/c11-6-3-5(4-7(12)10(6)13)8-1-2-9(16)15-14-8/h1-4H,(H,15,16). The van der Waals surface area contributed by atoms with Gasteiger partial charge in [0.25, 0.3) is 5.56 Å². The Hall–Kier alpha value is -1.03. The highest BCUT2D eigenvalue weighted by Gasteiger charge is 2.08. The molecule has 0 saturated heterocycles. The number of hydrogen-bond donors (Lipinski definition) is 1. The van der Waals surface area contributed by atoms with Gasteiger partial charge >= 0.3 is 0 Å². The van der Waals surface area contributed by atoms with Crippen molar-refractivity contribution in [2.45, 2.75) is 0 Å². The maximum absolute atomic E-state index is 10.8. The minimum atomic E-state index is -0.269. The summed E-state index contributed by atoms with van der Waals surface area (Å²) >= 11 is 17.6. The largest absolute Gasteiger partial charge is 0.268 e. The van der Waals surface area contributed by atoms with E-state index in [1.807, 2.05) is 0 Å². The third kappa shape index (κ3) is 2.21. The minimum absolute atomic E-state index is 0.269. The van der Waals surface area contributed by atoms with Gasteiger partial charge in [-0.15, -0.1) is 0 Å². The van der Waals surface area contributed by atoms with Gasteiger partial charge in [0.05, 0.1) is 20.8 Å². The number of aromatic amines is 1. The molecule has 1 N–H and O–H groups in total. The normalized spacial score (nSPS) is 10.4. The Balaban J connectivity index is 2.56. The molecule has 0 aliphatic carbocycles. The molecule has 0 aliphatic heterocycles. The van der Waals surface area contributed by atoms with E-state index in [1.54, 1.807) is 18.2 Å². The number of nitrogens with zero attached hydrogens (tertiary/aromatic N) is 1. The summed E-state index contributed by atoms with van der Waals surface area (Å²) in [5.41, 5.74) is 0.991. The summed E-state index contributed by atoms with van der Waals surface area (Å²) in [6, 6.07) is 6.22. The molecule has 0 fully saturated rings. The topological polar surface area (TPSA) is 45.8 Å². The molecule has 1 aromatic carbocycles. The summed E-state index contributed by atoms with van der Waals surface area (Å²) in [5.74, 6) is 0. The third-order valence-corrected chi connectivity index (χ3v) is 3.16. The first-order chi connectivity index (χ1) is 7.58. The van der Waals surface area contributed by atoms with Gasteiger partial charge in [-0.05, 0) is 18.2 Å². The molecule has 0 bridgehead atoms. The molecule has 0 radical (unpaired) electrons. The number of nitrogens with one attached hydrogen (secondary N) is 1. The van der Waals surface area contributed by atoms with E-state index in [1.165, 1.54) is 6.07 Å². The van der Waals surface area contributed by atoms with Crippen LogP contribution in [-0.4, -0.2) is 10.2 Å². The summed E-state index contributed by atoms with van der Waals surface area (Å²) < 4.78 is 0. The van der Waals surface area contributed by atoms with Gasteiger partial charge in [0.1, 0.15) is 0 Å². The maximum Gasteiger partial charge on any atom is 0.264 e. The lowest BCUT2D eigenvalue weighted by molar-refractivity contribution is 0.995. The fourth-order valence-corrected chi connectivity index (χ4v) is 1.80. The molecular weight excluding hydrogens is 270 g/mol. The molecule has 82 valence electrons. The van der Waals surface area contributed by atoms with Crippen LogP contribution in [0.5, 0.6) is 0 Å². The van der Waals surface area contributed by atoms with Crippen LogP contribution in [-0.2, 0) is 0 Å². The molecule has 2 rings (SSSR count). The molecule has 0 spiro atoms. The van der Waals surface area contributed by atoms with Crippen LogP contribution >= 0.6 is 34.8 Å². The van der Waals surface area contributed by atoms with E-state index in [0.29, 0.717) is 26.3 Å². The van der Waals surface area contributed by atoms with Crippen LogP contribution in [0.1, 0.15) is 0 Å². The number of hydrogen-bond acceptors (Lipinski definition) is 2. The lowest BCUT2D eigenvalue weighted by Crippen LogP contribution is -2.05. The fourth-order valence-electron chi connectivity index (χ4n) is 1.21. The zero-order valence-corrected chi connectivity index (χ0v) is 10.1. The second-order valence-electron chi connectivity index (χ2n) is 3.06. The van der Waals surface area contributed by atoms with Crippen molar-refractivity contribution < 1.29 is 0 Å². The molecule has 3 nitrogen and oxygen atoms in total. The average molecular weight is 276 g/mol. The fraction of sp³-hybridized carbons (Fsp3) is 0. The van der Waals surface area contributed by atoms with Gasteiger partial charge in [0, 0.05) is 11.6 Å². The Morgan fingerprint density at radius 1 is 1.06 bits per heavy atom. The second kappa shape index (κ2) is 4.45. The van der Waals surface area contributed by atoms with Crippen molar-refractivity contribution in [2.75, 3.05) is 0 Å². The lowest BCUT2D eigenvalue weighted by Gasteiger charge is -2.04. The number of aromatic nitrogens is 2. The van der Waals surface area contributed by atoms with E-state index in [4.69, 9.17) is 34.8 Å². The molecule has 1 heterocycles. The highest BCUT2D eigenvalue weighted by atomic mass is 35.5. The van der Waals surface area contributed by atoms with Crippen molar-refractivity contribution in [1.29, 1.82) is 0 Å².